The minimum absolute atomic E-state index is 0.448. The van der Waals surface area contributed by atoms with Crippen LogP contribution in [0, 0.1) is 13.8 Å². The largest absolute Gasteiger partial charge is 0.384 e. The zero-order chi connectivity index (χ0) is 13.2. The van der Waals surface area contributed by atoms with E-state index in [1.165, 1.54) is 4.88 Å². The molecule has 0 radical (unpaired) electrons. The van der Waals surface area contributed by atoms with Gasteiger partial charge in [0.05, 0.1) is 5.69 Å². The number of aliphatic hydroxyl groups is 1. The second-order valence-electron chi connectivity index (χ2n) is 4.65. The fourth-order valence-corrected chi connectivity index (χ4v) is 2.51. The van der Waals surface area contributed by atoms with Crippen LogP contribution < -0.4 is 5.32 Å². The number of hydrogen-bond acceptors (Lipinski definition) is 4. The van der Waals surface area contributed by atoms with E-state index in [0.29, 0.717) is 6.54 Å². The molecule has 0 amide bonds. The van der Waals surface area contributed by atoms with Gasteiger partial charge in [0.2, 0.25) is 0 Å². The molecule has 0 spiro atoms. The van der Waals surface area contributed by atoms with Gasteiger partial charge in [-0.05, 0) is 26.3 Å². The van der Waals surface area contributed by atoms with E-state index in [4.69, 9.17) is 0 Å². The SMILES string of the molecule is Cc1nc(NCC(C)(O)c2ccccc2)sc1C. The van der Waals surface area contributed by atoms with Gasteiger partial charge in [-0.1, -0.05) is 30.3 Å². The summed E-state index contributed by atoms with van der Waals surface area (Å²) < 4.78 is 0. The van der Waals surface area contributed by atoms with Crippen molar-refractivity contribution in [3.8, 4) is 0 Å². The van der Waals surface area contributed by atoms with Gasteiger partial charge >= 0.3 is 0 Å². The zero-order valence-corrected chi connectivity index (χ0v) is 11.7. The van der Waals surface area contributed by atoms with Crippen LogP contribution in [0.5, 0.6) is 0 Å². The molecule has 2 N–H and O–H groups in total. The summed E-state index contributed by atoms with van der Waals surface area (Å²) in [5, 5.41) is 14.5. The summed E-state index contributed by atoms with van der Waals surface area (Å²) in [7, 11) is 0. The molecule has 1 aromatic carbocycles. The number of nitrogens with one attached hydrogen (secondary N) is 1. The fraction of sp³-hybridized carbons (Fsp3) is 0.357. The van der Waals surface area contributed by atoms with Crippen LogP contribution >= 0.6 is 11.3 Å². The van der Waals surface area contributed by atoms with Gasteiger partial charge < -0.3 is 10.4 Å². The van der Waals surface area contributed by atoms with Crippen LogP contribution in [0.2, 0.25) is 0 Å². The van der Waals surface area contributed by atoms with E-state index >= 15 is 0 Å². The molecule has 0 saturated heterocycles. The number of anilines is 1. The Bertz CT molecular complexity index is 500. The van der Waals surface area contributed by atoms with E-state index in [-0.39, 0.29) is 0 Å². The average Bonchev–Trinajstić information content (AvgIpc) is 2.68. The van der Waals surface area contributed by atoms with E-state index in [0.717, 1.165) is 16.4 Å². The standard InChI is InChI=1S/C14H18N2OS/c1-10-11(2)18-13(16-10)15-9-14(3,17)12-7-5-4-6-8-12/h4-8,17H,9H2,1-3H3,(H,15,16). The summed E-state index contributed by atoms with van der Waals surface area (Å²) in [6.07, 6.45) is 0. The molecule has 1 unspecified atom stereocenters. The maximum atomic E-state index is 10.4. The highest BCUT2D eigenvalue weighted by Gasteiger charge is 2.22. The van der Waals surface area contributed by atoms with Crippen molar-refractivity contribution >= 4 is 16.5 Å². The van der Waals surface area contributed by atoms with E-state index < -0.39 is 5.60 Å². The highest BCUT2D eigenvalue weighted by atomic mass is 32.1. The van der Waals surface area contributed by atoms with Crippen molar-refractivity contribution in [1.82, 2.24) is 4.98 Å². The van der Waals surface area contributed by atoms with Crippen LogP contribution in [-0.2, 0) is 5.60 Å². The van der Waals surface area contributed by atoms with Gasteiger partial charge in [0.25, 0.3) is 0 Å². The summed E-state index contributed by atoms with van der Waals surface area (Å²) in [4.78, 5) is 5.61. The smallest absolute Gasteiger partial charge is 0.183 e. The number of aromatic nitrogens is 1. The van der Waals surface area contributed by atoms with Crippen LogP contribution in [0.15, 0.2) is 30.3 Å². The highest BCUT2D eigenvalue weighted by Crippen LogP contribution is 2.24. The summed E-state index contributed by atoms with van der Waals surface area (Å²) >= 11 is 1.62. The molecule has 2 rings (SSSR count). The van der Waals surface area contributed by atoms with Gasteiger partial charge in [-0.2, -0.15) is 0 Å². The lowest BCUT2D eigenvalue weighted by Crippen LogP contribution is -2.30. The minimum Gasteiger partial charge on any atom is -0.384 e. The second-order valence-corrected chi connectivity index (χ2v) is 5.86. The fourth-order valence-electron chi connectivity index (χ4n) is 1.70. The molecule has 0 aliphatic rings. The molecule has 1 heterocycles. The van der Waals surface area contributed by atoms with E-state index in [1.807, 2.05) is 51.1 Å². The highest BCUT2D eigenvalue weighted by molar-refractivity contribution is 7.15. The Hall–Kier alpha value is -1.39. The van der Waals surface area contributed by atoms with E-state index in [9.17, 15) is 5.11 Å². The normalized spacial score (nSPS) is 14.2. The van der Waals surface area contributed by atoms with E-state index in [1.54, 1.807) is 11.3 Å². The number of benzene rings is 1. The van der Waals surface area contributed by atoms with Crippen LogP contribution in [-0.4, -0.2) is 16.6 Å². The topological polar surface area (TPSA) is 45.2 Å². The molecule has 4 heteroatoms. The molecular weight excluding hydrogens is 244 g/mol. The predicted molar refractivity (Wildman–Crippen MR) is 76.1 cm³/mol. The summed E-state index contributed by atoms with van der Waals surface area (Å²) in [6.45, 7) is 6.30. The number of rotatable bonds is 4. The lowest BCUT2D eigenvalue weighted by Gasteiger charge is -2.24. The minimum atomic E-state index is -0.894. The van der Waals surface area contributed by atoms with Crippen molar-refractivity contribution in [2.75, 3.05) is 11.9 Å². The Labute approximate surface area is 112 Å². The third-order valence-electron chi connectivity index (χ3n) is 3.01. The van der Waals surface area contributed by atoms with Crippen LogP contribution in [0.1, 0.15) is 23.1 Å². The molecule has 3 nitrogen and oxygen atoms in total. The van der Waals surface area contributed by atoms with Gasteiger partial charge in [-0.15, -0.1) is 11.3 Å². The summed E-state index contributed by atoms with van der Waals surface area (Å²) in [5.74, 6) is 0. The Morgan fingerprint density at radius 1 is 1.28 bits per heavy atom. The first-order chi connectivity index (χ1) is 8.49. The van der Waals surface area contributed by atoms with Crippen LogP contribution in [0.3, 0.4) is 0 Å². The molecule has 0 saturated carbocycles. The van der Waals surface area contributed by atoms with Gasteiger partial charge in [0.1, 0.15) is 5.60 Å². The lowest BCUT2D eigenvalue weighted by molar-refractivity contribution is 0.0715. The summed E-state index contributed by atoms with van der Waals surface area (Å²) in [5.41, 5.74) is 1.05. The number of nitrogens with zero attached hydrogens (tertiary/aromatic N) is 1. The third kappa shape index (κ3) is 2.89. The monoisotopic (exact) mass is 262 g/mol. The summed E-state index contributed by atoms with van der Waals surface area (Å²) in [6, 6.07) is 9.67. The molecular formula is C14H18N2OS. The molecule has 0 aliphatic heterocycles. The van der Waals surface area contributed by atoms with Crippen molar-refractivity contribution in [3.05, 3.63) is 46.5 Å². The zero-order valence-electron chi connectivity index (χ0n) is 10.9. The quantitative estimate of drug-likeness (QED) is 0.890. The van der Waals surface area contributed by atoms with Crippen molar-refractivity contribution in [2.24, 2.45) is 0 Å². The molecule has 0 bridgehead atoms. The van der Waals surface area contributed by atoms with Crippen molar-refractivity contribution in [2.45, 2.75) is 26.4 Å². The maximum absolute atomic E-state index is 10.4. The first-order valence-corrected chi connectivity index (χ1v) is 6.76. The first kappa shape index (κ1) is 13.1. The number of thiazole rings is 1. The van der Waals surface area contributed by atoms with Crippen LogP contribution in [0.4, 0.5) is 5.13 Å². The number of hydrogen-bond donors (Lipinski definition) is 2. The van der Waals surface area contributed by atoms with Gasteiger partial charge in [0.15, 0.2) is 5.13 Å². The van der Waals surface area contributed by atoms with Crippen molar-refractivity contribution in [3.63, 3.8) is 0 Å². The molecule has 96 valence electrons. The van der Waals surface area contributed by atoms with Crippen molar-refractivity contribution in [1.29, 1.82) is 0 Å². The average molecular weight is 262 g/mol. The lowest BCUT2D eigenvalue weighted by atomic mass is 9.96. The molecule has 2 aromatic rings. The van der Waals surface area contributed by atoms with Crippen molar-refractivity contribution < 1.29 is 5.11 Å². The van der Waals surface area contributed by atoms with Gasteiger partial charge in [-0.25, -0.2) is 4.98 Å². The predicted octanol–water partition coefficient (Wildman–Crippen LogP) is 3.08. The van der Waals surface area contributed by atoms with Crippen LogP contribution in [0.25, 0.3) is 0 Å². The first-order valence-electron chi connectivity index (χ1n) is 5.95. The second kappa shape index (κ2) is 5.08. The third-order valence-corrected chi connectivity index (χ3v) is 4.04. The van der Waals surface area contributed by atoms with Gasteiger partial charge in [0, 0.05) is 11.4 Å². The molecule has 1 atom stereocenters. The molecule has 18 heavy (non-hydrogen) atoms. The Balaban J connectivity index is 2.05. The Morgan fingerprint density at radius 3 is 2.50 bits per heavy atom. The maximum Gasteiger partial charge on any atom is 0.183 e. The molecule has 0 aliphatic carbocycles. The Morgan fingerprint density at radius 2 is 1.94 bits per heavy atom. The van der Waals surface area contributed by atoms with Gasteiger partial charge in [-0.3, -0.25) is 0 Å². The van der Waals surface area contributed by atoms with E-state index in [2.05, 4.69) is 10.3 Å². The molecule has 0 fully saturated rings. The Kier molecular flexibility index (Phi) is 3.68. The molecule has 1 aromatic heterocycles. The number of aryl methyl sites for hydroxylation is 2.